The quantitative estimate of drug-likeness (QED) is 0.788. The first-order valence-electron chi connectivity index (χ1n) is 4.91. The Bertz CT molecular complexity index is 421. The molecule has 0 atom stereocenters. The molecule has 17 heavy (non-hydrogen) atoms. The first-order valence-corrected chi connectivity index (χ1v) is 6.08. The van der Waals surface area contributed by atoms with Crippen molar-refractivity contribution in [3.05, 3.63) is 33.3 Å². The minimum atomic E-state index is -1.06. The highest BCUT2D eigenvalue weighted by Gasteiger charge is 2.25. The van der Waals surface area contributed by atoms with Crippen molar-refractivity contribution in [2.75, 3.05) is 13.2 Å². The summed E-state index contributed by atoms with van der Waals surface area (Å²) in [5, 5.41) is 21.2. The Kier molecular flexibility index (Phi) is 4.94. The zero-order valence-electron chi connectivity index (χ0n) is 9.20. The SMILES string of the molecule is CC(CO)(CO)NC(=O)c1cc(Cl)ccc1Br. The Balaban J connectivity index is 2.94. The molecule has 4 nitrogen and oxygen atoms in total. The van der Waals surface area contributed by atoms with Crippen LogP contribution < -0.4 is 5.32 Å². The van der Waals surface area contributed by atoms with E-state index in [2.05, 4.69) is 21.2 Å². The predicted octanol–water partition coefficient (Wildman–Crippen LogP) is 1.58. The third-order valence-corrected chi connectivity index (χ3v) is 3.21. The Labute approximate surface area is 113 Å². The summed E-state index contributed by atoms with van der Waals surface area (Å²) >= 11 is 9.04. The van der Waals surface area contributed by atoms with Crippen molar-refractivity contribution in [2.24, 2.45) is 0 Å². The van der Waals surface area contributed by atoms with Crippen LogP contribution in [-0.4, -0.2) is 34.9 Å². The maximum atomic E-state index is 11.9. The zero-order valence-corrected chi connectivity index (χ0v) is 11.5. The molecule has 0 spiro atoms. The van der Waals surface area contributed by atoms with Crippen LogP contribution in [0, 0.1) is 0 Å². The highest BCUT2D eigenvalue weighted by Crippen LogP contribution is 2.21. The Morgan fingerprint density at radius 1 is 1.47 bits per heavy atom. The van der Waals surface area contributed by atoms with Crippen molar-refractivity contribution in [1.29, 1.82) is 0 Å². The van der Waals surface area contributed by atoms with Gasteiger partial charge in [0.2, 0.25) is 0 Å². The molecule has 0 aliphatic rings. The predicted molar refractivity (Wildman–Crippen MR) is 69.2 cm³/mol. The maximum absolute atomic E-state index is 11.9. The van der Waals surface area contributed by atoms with Gasteiger partial charge in [0.15, 0.2) is 0 Å². The summed E-state index contributed by atoms with van der Waals surface area (Å²) in [7, 11) is 0. The largest absolute Gasteiger partial charge is 0.394 e. The molecule has 0 radical (unpaired) electrons. The van der Waals surface area contributed by atoms with E-state index in [1.807, 2.05) is 0 Å². The van der Waals surface area contributed by atoms with E-state index in [1.165, 1.54) is 6.07 Å². The van der Waals surface area contributed by atoms with E-state index >= 15 is 0 Å². The summed E-state index contributed by atoms with van der Waals surface area (Å²) in [6, 6.07) is 4.82. The number of halogens is 2. The van der Waals surface area contributed by atoms with Gasteiger partial charge < -0.3 is 15.5 Å². The van der Waals surface area contributed by atoms with Crippen molar-refractivity contribution < 1.29 is 15.0 Å². The van der Waals surface area contributed by atoms with Crippen molar-refractivity contribution in [1.82, 2.24) is 5.32 Å². The highest BCUT2D eigenvalue weighted by atomic mass is 79.9. The number of rotatable bonds is 4. The molecule has 0 saturated carbocycles. The third-order valence-electron chi connectivity index (χ3n) is 2.29. The molecule has 0 heterocycles. The molecule has 1 aromatic carbocycles. The number of carbonyl (C=O) groups excluding carboxylic acids is 1. The highest BCUT2D eigenvalue weighted by molar-refractivity contribution is 9.10. The first kappa shape index (κ1) is 14.4. The number of aliphatic hydroxyl groups is 2. The number of hydrogen-bond donors (Lipinski definition) is 3. The van der Waals surface area contributed by atoms with Crippen LogP contribution in [0.25, 0.3) is 0 Å². The maximum Gasteiger partial charge on any atom is 0.253 e. The summed E-state index contributed by atoms with van der Waals surface area (Å²) in [4.78, 5) is 11.9. The average Bonchev–Trinajstić information content (AvgIpc) is 2.32. The minimum Gasteiger partial charge on any atom is -0.394 e. The normalized spacial score (nSPS) is 11.4. The lowest BCUT2D eigenvalue weighted by Gasteiger charge is -2.26. The molecule has 6 heteroatoms. The lowest BCUT2D eigenvalue weighted by molar-refractivity contribution is 0.0723. The van der Waals surface area contributed by atoms with E-state index in [0.29, 0.717) is 15.1 Å². The van der Waals surface area contributed by atoms with Gasteiger partial charge in [-0.15, -0.1) is 0 Å². The fraction of sp³-hybridized carbons (Fsp3) is 0.364. The fourth-order valence-corrected chi connectivity index (χ4v) is 1.74. The molecule has 0 saturated heterocycles. The second-order valence-electron chi connectivity index (χ2n) is 3.96. The molecule has 0 unspecified atom stereocenters. The number of benzene rings is 1. The molecule has 0 aliphatic heterocycles. The van der Waals surface area contributed by atoms with Crippen LogP contribution in [0.5, 0.6) is 0 Å². The van der Waals surface area contributed by atoms with Gasteiger partial charge in [-0.1, -0.05) is 11.6 Å². The molecule has 1 amide bonds. The van der Waals surface area contributed by atoms with Crippen molar-refractivity contribution in [2.45, 2.75) is 12.5 Å². The van der Waals surface area contributed by atoms with Gasteiger partial charge in [0, 0.05) is 9.50 Å². The molecule has 0 aromatic heterocycles. The fourth-order valence-electron chi connectivity index (χ4n) is 1.14. The molecule has 0 bridgehead atoms. The molecule has 1 aromatic rings. The topological polar surface area (TPSA) is 69.6 Å². The van der Waals surface area contributed by atoms with Crippen LogP contribution in [0.15, 0.2) is 22.7 Å². The van der Waals surface area contributed by atoms with E-state index in [4.69, 9.17) is 21.8 Å². The van der Waals surface area contributed by atoms with Gasteiger partial charge in [0.1, 0.15) is 0 Å². The standard InChI is InChI=1S/C11H13BrClNO3/c1-11(5-15,6-16)14-10(17)8-4-7(13)2-3-9(8)12/h2-4,15-16H,5-6H2,1H3,(H,14,17). The number of carbonyl (C=O) groups is 1. The minimum absolute atomic E-state index is 0.352. The second-order valence-corrected chi connectivity index (χ2v) is 5.25. The van der Waals surface area contributed by atoms with Crippen LogP contribution in [-0.2, 0) is 0 Å². The number of aliphatic hydroxyl groups excluding tert-OH is 2. The van der Waals surface area contributed by atoms with Crippen LogP contribution in [0.3, 0.4) is 0 Å². The van der Waals surface area contributed by atoms with Crippen LogP contribution in [0.2, 0.25) is 5.02 Å². The summed E-state index contributed by atoms with van der Waals surface area (Å²) in [5.41, 5.74) is -0.704. The Morgan fingerprint density at radius 2 is 2.06 bits per heavy atom. The average molecular weight is 323 g/mol. The van der Waals surface area contributed by atoms with Gasteiger partial charge in [0.05, 0.1) is 24.3 Å². The Hall–Kier alpha value is -0.620. The molecule has 0 fully saturated rings. The molecule has 0 aliphatic carbocycles. The van der Waals surface area contributed by atoms with Gasteiger partial charge in [0.25, 0.3) is 5.91 Å². The van der Waals surface area contributed by atoms with Crippen molar-refractivity contribution >= 4 is 33.4 Å². The zero-order chi connectivity index (χ0) is 13.1. The monoisotopic (exact) mass is 321 g/mol. The first-order chi connectivity index (χ1) is 7.91. The molecular weight excluding hydrogens is 309 g/mol. The van der Waals surface area contributed by atoms with Gasteiger partial charge in [-0.05, 0) is 41.1 Å². The number of nitrogens with one attached hydrogen (secondary N) is 1. The number of amides is 1. The second kappa shape index (κ2) is 5.82. The smallest absolute Gasteiger partial charge is 0.253 e. The van der Waals surface area contributed by atoms with Crippen molar-refractivity contribution in [3.63, 3.8) is 0 Å². The summed E-state index contributed by atoms with van der Waals surface area (Å²) < 4.78 is 0.595. The van der Waals surface area contributed by atoms with Crippen LogP contribution in [0.1, 0.15) is 17.3 Å². The number of hydrogen-bond acceptors (Lipinski definition) is 3. The van der Waals surface area contributed by atoms with Crippen molar-refractivity contribution in [3.8, 4) is 0 Å². The van der Waals surface area contributed by atoms with Gasteiger partial charge in [-0.3, -0.25) is 4.79 Å². The lowest BCUT2D eigenvalue weighted by atomic mass is 10.0. The molecule has 94 valence electrons. The summed E-state index contributed by atoms with van der Waals surface area (Å²) in [5.74, 6) is -0.412. The van der Waals surface area contributed by atoms with E-state index in [9.17, 15) is 4.79 Å². The molecular formula is C11H13BrClNO3. The van der Waals surface area contributed by atoms with E-state index in [1.54, 1.807) is 19.1 Å². The van der Waals surface area contributed by atoms with E-state index in [0.717, 1.165) is 0 Å². The third kappa shape index (κ3) is 3.67. The van der Waals surface area contributed by atoms with Crippen LogP contribution in [0.4, 0.5) is 0 Å². The molecule has 3 N–H and O–H groups in total. The van der Waals surface area contributed by atoms with Gasteiger partial charge in [-0.2, -0.15) is 0 Å². The molecule has 1 rings (SSSR count). The van der Waals surface area contributed by atoms with E-state index < -0.39 is 11.4 Å². The Morgan fingerprint density at radius 3 is 2.59 bits per heavy atom. The van der Waals surface area contributed by atoms with E-state index in [-0.39, 0.29) is 13.2 Å². The van der Waals surface area contributed by atoms with Crippen LogP contribution >= 0.6 is 27.5 Å². The lowest BCUT2D eigenvalue weighted by Crippen LogP contribution is -2.51. The summed E-state index contributed by atoms with van der Waals surface area (Å²) in [6.45, 7) is 0.838. The summed E-state index contributed by atoms with van der Waals surface area (Å²) in [6.07, 6.45) is 0. The van der Waals surface area contributed by atoms with Gasteiger partial charge in [-0.25, -0.2) is 0 Å². The van der Waals surface area contributed by atoms with Gasteiger partial charge >= 0.3 is 0 Å².